The van der Waals surface area contributed by atoms with E-state index < -0.39 is 0 Å². The van der Waals surface area contributed by atoms with Gasteiger partial charge in [0.25, 0.3) is 0 Å². The van der Waals surface area contributed by atoms with Crippen molar-refractivity contribution < 1.29 is 0 Å². The van der Waals surface area contributed by atoms with Crippen LogP contribution in [0, 0.1) is 0 Å². The highest BCUT2D eigenvalue weighted by Gasteiger charge is 2.07. The summed E-state index contributed by atoms with van der Waals surface area (Å²) in [6.07, 6.45) is 4.47. The molecule has 0 heterocycles. The second-order valence-corrected chi connectivity index (χ2v) is 7.56. The van der Waals surface area contributed by atoms with Crippen molar-refractivity contribution in [3.8, 4) is 0 Å². The molecule has 2 heteroatoms. The predicted molar refractivity (Wildman–Crippen MR) is 125 cm³/mol. The summed E-state index contributed by atoms with van der Waals surface area (Å²) in [5.74, 6) is 0. The Morgan fingerprint density at radius 2 is 0.821 bits per heavy atom. The lowest BCUT2D eigenvalue weighted by Gasteiger charge is -2.17. The molecule has 2 nitrogen and oxygen atoms in total. The van der Waals surface area contributed by atoms with Crippen molar-refractivity contribution in [3.05, 3.63) is 83.9 Å². The Morgan fingerprint density at radius 1 is 0.464 bits per heavy atom. The molecule has 140 valence electrons. The second-order valence-electron chi connectivity index (χ2n) is 7.56. The van der Waals surface area contributed by atoms with E-state index in [9.17, 15) is 0 Å². The molecular weight excluding hydrogens is 340 g/mol. The average Bonchev–Trinajstić information content (AvgIpc) is 2.71. The molecule has 4 aromatic carbocycles. The van der Waals surface area contributed by atoms with Gasteiger partial charge in [-0.1, -0.05) is 72.8 Å². The first-order valence-electron chi connectivity index (χ1n) is 9.62. The number of nitrogens with zero attached hydrogens (tertiary/aromatic N) is 2. The molecule has 0 aromatic heterocycles. The van der Waals surface area contributed by atoms with Gasteiger partial charge in [0.05, 0.1) is 0 Å². The SMILES string of the molecule is CN(C)c1ccc(C=Cc2ccc(N(C)C)c3ccccc23)c2ccccc12. The summed E-state index contributed by atoms with van der Waals surface area (Å²) in [5.41, 5.74) is 4.96. The van der Waals surface area contributed by atoms with Gasteiger partial charge in [-0.15, -0.1) is 0 Å². The molecule has 0 unspecified atom stereocenters. The maximum absolute atomic E-state index is 2.24. The maximum Gasteiger partial charge on any atom is 0.0441 e. The highest BCUT2D eigenvalue weighted by Crippen LogP contribution is 2.32. The summed E-state index contributed by atoms with van der Waals surface area (Å²) >= 11 is 0. The number of anilines is 2. The van der Waals surface area contributed by atoms with Crippen LogP contribution in [0.25, 0.3) is 33.7 Å². The van der Waals surface area contributed by atoms with Crippen LogP contribution in [0.3, 0.4) is 0 Å². The van der Waals surface area contributed by atoms with E-state index in [-0.39, 0.29) is 0 Å². The van der Waals surface area contributed by atoms with Crippen molar-refractivity contribution >= 4 is 45.1 Å². The number of benzene rings is 4. The molecule has 0 aliphatic heterocycles. The van der Waals surface area contributed by atoms with Crippen molar-refractivity contribution in [2.24, 2.45) is 0 Å². The zero-order chi connectivity index (χ0) is 19.7. The summed E-state index contributed by atoms with van der Waals surface area (Å²) < 4.78 is 0. The fourth-order valence-corrected chi connectivity index (χ4v) is 3.86. The van der Waals surface area contributed by atoms with Crippen LogP contribution < -0.4 is 9.80 Å². The molecule has 0 amide bonds. The Morgan fingerprint density at radius 3 is 1.18 bits per heavy atom. The topological polar surface area (TPSA) is 6.48 Å². The average molecular weight is 367 g/mol. The zero-order valence-corrected chi connectivity index (χ0v) is 17.0. The summed E-state index contributed by atoms with van der Waals surface area (Å²) in [7, 11) is 8.37. The van der Waals surface area contributed by atoms with Gasteiger partial charge in [0.15, 0.2) is 0 Å². The summed E-state index contributed by atoms with van der Waals surface area (Å²) in [6.45, 7) is 0. The van der Waals surface area contributed by atoms with Crippen molar-refractivity contribution in [1.29, 1.82) is 0 Å². The van der Waals surface area contributed by atoms with Crippen LogP contribution in [0.2, 0.25) is 0 Å². The van der Waals surface area contributed by atoms with Gasteiger partial charge < -0.3 is 9.80 Å². The summed E-state index contributed by atoms with van der Waals surface area (Å²) in [6, 6.07) is 26.1. The molecule has 0 aliphatic rings. The monoisotopic (exact) mass is 366 g/mol. The lowest BCUT2D eigenvalue weighted by atomic mass is 9.99. The molecule has 0 aliphatic carbocycles. The summed E-state index contributed by atoms with van der Waals surface area (Å²) in [4.78, 5) is 4.34. The van der Waals surface area contributed by atoms with E-state index >= 15 is 0 Å². The Kier molecular flexibility index (Phi) is 4.79. The predicted octanol–water partition coefficient (Wildman–Crippen LogP) is 6.30. The Hall–Kier alpha value is -3.26. The van der Waals surface area contributed by atoms with Crippen molar-refractivity contribution in [1.82, 2.24) is 0 Å². The third kappa shape index (κ3) is 3.22. The van der Waals surface area contributed by atoms with Gasteiger partial charge in [-0.25, -0.2) is 0 Å². The molecule has 0 atom stereocenters. The van der Waals surface area contributed by atoms with Crippen LogP contribution in [0.4, 0.5) is 11.4 Å². The number of rotatable bonds is 4. The Balaban J connectivity index is 1.83. The van der Waals surface area contributed by atoms with Crippen molar-refractivity contribution in [2.75, 3.05) is 38.0 Å². The highest BCUT2D eigenvalue weighted by molar-refractivity contribution is 6.03. The second kappa shape index (κ2) is 7.40. The van der Waals surface area contributed by atoms with Gasteiger partial charge >= 0.3 is 0 Å². The molecule has 0 bridgehead atoms. The van der Waals surface area contributed by atoms with Crippen molar-refractivity contribution in [3.63, 3.8) is 0 Å². The lowest BCUT2D eigenvalue weighted by Crippen LogP contribution is -2.09. The van der Waals surface area contributed by atoms with Crippen LogP contribution in [0.5, 0.6) is 0 Å². The Bertz CT molecular complexity index is 1080. The number of hydrogen-bond acceptors (Lipinski definition) is 2. The molecule has 28 heavy (non-hydrogen) atoms. The van der Waals surface area contributed by atoms with Gasteiger partial charge in [0, 0.05) is 50.3 Å². The fourth-order valence-electron chi connectivity index (χ4n) is 3.86. The molecule has 0 spiro atoms. The molecule has 4 rings (SSSR count). The van der Waals surface area contributed by atoms with Crippen LogP contribution >= 0.6 is 0 Å². The quantitative estimate of drug-likeness (QED) is 0.391. The normalized spacial score (nSPS) is 11.4. The van der Waals surface area contributed by atoms with Crippen LogP contribution in [0.15, 0.2) is 72.8 Å². The van der Waals surface area contributed by atoms with Gasteiger partial charge in [-0.05, 0) is 34.0 Å². The number of hydrogen-bond donors (Lipinski definition) is 0. The molecule has 0 saturated heterocycles. The van der Waals surface area contributed by atoms with Crippen LogP contribution in [-0.4, -0.2) is 28.2 Å². The first kappa shape index (κ1) is 18.1. The van der Waals surface area contributed by atoms with E-state index in [2.05, 4.69) is 123 Å². The molecule has 4 aromatic rings. The lowest BCUT2D eigenvalue weighted by molar-refractivity contribution is 1.14. The minimum absolute atomic E-state index is 1.24. The first-order valence-corrected chi connectivity index (χ1v) is 9.62. The maximum atomic E-state index is 2.24. The van der Waals surface area contributed by atoms with E-state index in [0.29, 0.717) is 0 Å². The smallest absolute Gasteiger partial charge is 0.0441 e. The summed E-state index contributed by atoms with van der Waals surface area (Å²) in [5, 5.41) is 5.11. The van der Waals surface area contributed by atoms with Gasteiger partial charge in [0.1, 0.15) is 0 Å². The molecule has 0 radical (unpaired) electrons. The van der Waals surface area contributed by atoms with E-state index in [4.69, 9.17) is 0 Å². The van der Waals surface area contributed by atoms with E-state index in [1.807, 2.05) is 0 Å². The fraction of sp³-hybridized carbons (Fsp3) is 0.154. The van der Waals surface area contributed by atoms with Crippen LogP contribution in [0.1, 0.15) is 11.1 Å². The van der Waals surface area contributed by atoms with E-state index in [1.165, 1.54) is 44.0 Å². The molecular formula is C26H26N2. The third-order valence-electron chi connectivity index (χ3n) is 5.28. The Labute approximate surface area is 167 Å². The minimum Gasteiger partial charge on any atom is -0.377 e. The highest BCUT2D eigenvalue weighted by atomic mass is 15.1. The molecule has 0 fully saturated rings. The van der Waals surface area contributed by atoms with Gasteiger partial charge in [-0.3, -0.25) is 0 Å². The van der Waals surface area contributed by atoms with Crippen molar-refractivity contribution in [2.45, 2.75) is 0 Å². The van der Waals surface area contributed by atoms with Crippen LogP contribution in [-0.2, 0) is 0 Å². The number of fused-ring (bicyclic) bond motifs is 2. The molecule has 0 saturated carbocycles. The molecule has 0 N–H and O–H groups in total. The first-order chi connectivity index (χ1) is 13.6. The van der Waals surface area contributed by atoms with E-state index in [1.54, 1.807) is 0 Å². The minimum atomic E-state index is 1.24. The van der Waals surface area contributed by atoms with Gasteiger partial charge in [-0.2, -0.15) is 0 Å². The standard InChI is InChI=1S/C26H26N2/c1-27(2)25-17-15-19(21-9-5-7-11-23(21)25)13-14-20-16-18-26(28(3)4)24-12-8-6-10-22(20)24/h5-18H,1-4H3. The largest absolute Gasteiger partial charge is 0.377 e. The zero-order valence-electron chi connectivity index (χ0n) is 17.0. The van der Waals surface area contributed by atoms with Gasteiger partial charge in [0.2, 0.25) is 0 Å². The third-order valence-corrected chi connectivity index (χ3v) is 5.28. The van der Waals surface area contributed by atoms with E-state index in [0.717, 1.165) is 0 Å².